The van der Waals surface area contributed by atoms with E-state index < -0.39 is 0 Å². The second kappa shape index (κ2) is 5.61. The van der Waals surface area contributed by atoms with E-state index in [4.69, 9.17) is 33.7 Å². The van der Waals surface area contributed by atoms with Crippen LogP contribution in [0.2, 0.25) is 10.0 Å². The fourth-order valence-corrected chi connectivity index (χ4v) is 1.97. The molecule has 2 aromatic carbocycles. The third-order valence-corrected chi connectivity index (χ3v) is 3.10. The summed E-state index contributed by atoms with van der Waals surface area (Å²) in [7, 11) is 0. The summed E-state index contributed by atoms with van der Waals surface area (Å²) in [6, 6.07) is 11.0. The molecule has 2 N–H and O–H groups in total. The van der Waals surface area contributed by atoms with Gasteiger partial charge in [-0.05, 0) is 42.8 Å². The summed E-state index contributed by atoms with van der Waals surface area (Å²) in [5.74, 6) is 1.29. The minimum Gasteiger partial charge on any atom is -0.455 e. The quantitative estimate of drug-likeness (QED) is 0.896. The predicted octanol–water partition coefficient (Wildman–Crippen LogP) is 4.55. The Hall–Kier alpha value is -1.22. The lowest BCUT2D eigenvalue weighted by molar-refractivity contribution is 0.476. The van der Waals surface area contributed by atoms with Crippen molar-refractivity contribution in [2.45, 2.75) is 13.5 Å². The molecule has 0 aliphatic carbocycles. The molecule has 0 heterocycles. The monoisotopic (exact) mass is 281 g/mol. The van der Waals surface area contributed by atoms with Gasteiger partial charge in [0.25, 0.3) is 0 Å². The van der Waals surface area contributed by atoms with Crippen LogP contribution in [0.25, 0.3) is 0 Å². The lowest BCUT2D eigenvalue weighted by atomic mass is 10.2. The molecule has 18 heavy (non-hydrogen) atoms. The normalized spacial score (nSPS) is 10.4. The summed E-state index contributed by atoms with van der Waals surface area (Å²) in [6.07, 6.45) is 0. The van der Waals surface area contributed by atoms with E-state index in [0.29, 0.717) is 28.1 Å². The zero-order chi connectivity index (χ0) is 13.1. The van der Waals surface area contributed by atoms with Gasteiger partial charge in [-0.15, -0.1) is 0 Å². The average molecular weight is 282 g/mol. The van der Waals surface area contributed by atoms with E-state index in [9.17, 15) is 0 Å². The van der Waals surface area contributed by atoms with Crippen LogP contribution in [0.15, 0.2) is 36.4 Å². The largest absolute Gasteiger partial charge is 0.455 e. The maximum Gasteiger partial charge on any atom is 0.146 e. The van der Waals surface area contributed by atoms with Crippen molar-refractivity contribution < 1.29 is 4.74 Å². The molecule has 0 atom stereocenters. The number of ether oxygens (including phenoxy) is 1. The highest BCUT2D eigenvalue weighted by Crippen LogP contribution is 2.32. The minimum atomic E-state index is 0.360. The Kier molecular flexibility index (Phi) is 4.12. The molecule has 0 bridgehead atoms. The van der Waals surface area contributed by atoms with Crippen LogP contribution >= 0.6 is 23.2 Å². The summed E-state index contributed by atoms with van der Waals surface area (Å²) in [6.45, 7) is 2.34. The van der Waals surface area contributed by atoms with Crippen molar-refractivity contribution in [3.05, 3.63) is 57.6 Å². The van der Waals surface area contributed by atoms with Gasteiger partial charge in [-0.2, -0.15) is 0 Å². The standard InChI is InChI=1S/C14H13Cl2NO/c1-9-2-4-12(16)14(6-9)18-13-5-3-11(15)7-10(13)8-17/h2-7H,8,17H2,1H3. The molecule has 0 aliphatic rings. The summed E-state index contributed by atoms with van der Waals surface area (Å²) in [5.41, 5.74) is 7.60. The van der Waals surface area contributed by atoms with Crippen molar-refractivity contribution in [3.63, 3.8) is 0 Å². The molecule has 0 spiro atoms. The molecule has 0 fully saturated rings. The number of benzene rings is 2. The molecule has 0 amide bonds. The van der Waals surface area contributed by atoms with Crippen LogP contribution in [0.1, 0.15) is 11.1 Å². The highest BCUT2D eigenvalue weighted by Gasteiger charge is 2.07. The van der Waals surface area contributed by atoms with Gasteiger partial charge in [0.05, 0.1) is 5.02 Å². The highest BCUT2D eigenvalue weighted by atomic mass is 35.5. The summed E-state index contributed by atoms with van der Waals surface area (Å²) in [5, 5.41) is 1.21. The first-order valence-corrected chi connectivity index (χ1v) is 6.28. The molecule has 2 aromatic rings. The van der Waals surface area contributed by atoms with Gasteiger partial charge in [0.2, 0.25) is 0 Å². The number of hydrogen-bond acceptors (Lipinski definition) is 2. The SMILES string of the molecule is Cc1ccc(Cl)c(Oc2ccc(Cl)cc2CN)c1. The summed E-state index contributed by atoms with van der Waals surface area (Å²) >= 11 is 12.0. The van der Waals surface area contributed by atoms with Crippen molar-refractivity contribution >= 4 is 23.2 Å². The molecule has 0 radical (unpaired) electrons. The zero-order valence-corrected chi connectivity index (χ0v) is 11.4. The molecule has 0 saturated heterocycles. The van der Waals surface area contributed by atoms with E-state index in [1.165, 1.54) is 0 Å². The zero-order valence-electron chi connectivity index (χ0n) is 9.91. The van der Waals surface area contributed by atoms with Crippen molar-refractivity contribution in [1.82, 2.24) is 0 Å². The van der Waals surface area contributed by atoms with Gasteiger partial charge in [0.15, 0.2) is 0 Å². The first-order valence-electron chi connectivity index (χ1n) is 5.52. The third kappa shape index (κ3) is 2.96. The molecule has 0 aromatic heterocycles. The molecule has 0 aliphatic heterocycles. The van der Waals surface area contributed by atoms with Crippen LogP contribution in [0.4, 0.5) is 0 Å². The number of aryl methyl sites for hydroxylation is 1. The van der Waals surface area contributed by atoms with Gasteiger partial charge in [-0.1, -0.05) is 29.3 Å². The van der Waals surface area contributed by atoms with Gasteiger partial charge < -0.3 is 10.5 Å². The number of halogens is 2. The van der Waals surface area contributed by atoms with Crippen molar-refractivity contribution in [2.75, 3.05) is 0 Å². The Morgan fingerprint density at radius 2 is 1.83 bits per heavy atom. The number of rotatable bonds is 3. The molecular weight excluding hydrogens is 269 g/mol. The molecular formula is C14H13Cl2NO. The van der Waals surface area contributed by atoms with Crippen molar-refractivity contribution in [1.29, 1.82) is 0 Å². The Bertz CT molecular complexity index is 570. The Morgan fingerprint density at radius 3 is 2.56 bits per heavy atom. The fourth-order valence-electron chi connectivity index (χ4n) is 1.61. The maximum absolute atomic E-state index is 6.09. The molecule has 4 heteroatoms. The Morgan fingerprint density at radius 1 is 1.06 bits per heavy atom. The number of nitrogens with two attached hydrogens (primary N) is 1. The van der Waals surface area contributed by atoms with Gasteiger partial charge in [0, 0.05) is 17.1 Å². The van der Waals surface area contributed by atoms with Crippen molar-refractivity contribution in [2.24, 2.45) is 5.73 Å². The molecule has 0 saturated carbocycles. The highest BCUT2D eigenvalue weighted by molar-refractivity contribution is 6.32. The van der Waals surface area contributed by atoms with E-state index in [0.717, 1.165) is 11.1 Å². The maximum atomic E-state index is 6.09. The predicted molar refractivity (Wildman–Crippen MR) is 75.6 cm³/mol. The topological polar surface area (TPSA) is 35.2 Å². The average Bonchev–Trinajstić information content (AvgIpc) is 2.36. The van der Waals surface area contributed by atoms with Gasteiger partial charge >= 0.3 is 0 Å². The van der Waals surface area contributed by atoms with Crippen LogP contribution in [0, 0.1) is 6.92 Å². The second-order valence-electron chi connectivity index (χ2n) is 3.99. The molecule has 0 unspecified atom stereocenters. The first kappa shape index (κ1) is 13.2. The first-order chi connectivity index (χ1) is 8.60. The second-order valence-corrected chi connectivity index (χ2v) is 4.84. The van der Waals surface area contributed by atoms with E-state index in [1.807, 2.05) is 25.1 Å². The van der Waals surface area contributed by atoms with Crippen LogP contribution in [-0.2, 0) is 6.54 Å². The third-order valence-electron chi connectivity index (χ3n) is 2.55. The Balaban J connectivity index is 2.36. The van der Waals surface area contributed by atoms with Crippen LogP contribution in [0.3, 0.4) is 0 Å². The minimum absolute atomic E-state index is 0.360. The van der Waals surface area contributed by atoms with Gasteiger partial charge in [0.1, 0.15) is 11.5 Å². The smallest absolute Gasteiger partial charge is 0.146 e. The Labute approximate surface area is 116 Å². The van der Waals surface area contributed by atoms with E-state index >= 15 is 0 Å². The van der Waals surface area contributed by atoms with Crippen LogP contribution < -0.4 is 10.5 Å². The summed E-state index contributed by atoms with van der Waals surface area (Å²) < 4.78 is 5.80. The van der Waals surface area contributed by atoms with Gasteiger partial charge in [-0.25, -0.2) is 0 Å². The van der Waals surface area contributed by atoms with E-state index in [-0.39, 0.29) is 0 Å². The number of hydrogen-bond donors (Lipinski definition) is 1. The van der Waals surface area contributed by atoms with Crippen LogP contribution in [0.5, 0.6) is 11.5 Å². The molecule has 2 nitrogen and oxygen atoms in total. The van der Waals surface area contributed by atoms with E-state index in [1.54, 1.807) is 18.2 Å². The fraction of sp³-hybridized carbons (Fsp3) is 0.143. The molecule has 94 valence electrons. The van der Waals surface area contributed by atoms with Crippen molar-refractivity contribution in [3.8, 4) is 11.5 Å². The molecule has 2 rings (SSSR count). The lowest BCUT2D eigenvalue weighted by Gasteiger charge is -2.12. The summed E-state index contributed by atoms with van der Waals surface area (Å²) in [4.78, 5) is 0. The van der Waals surface area contributed by atoms with E-state index in [2.05, 4.69) is 0 Å². The van der Waals surface area contributed by atoms with Crippen LogP contribution in [-0.4, -0.2) is 0 Å². The van der Waals surface area contributed by atoms with Gasteiger partial charge in [-0.3, -0.25) is 0 Å². The lowest BCUT2D eigenvalue weighted by Crippen LogP contribution is -1.99.